The Balaban J connectivity index is 3.71. The number of carbonyl (C=O) groups excluding carboxylic acids is 1. The molecule has 0 fully saturated rings. The van der Waals surface area contributed by atoms with Gasteiger partial charge in [0.05, 0.1) is 6.54 Å². The molecule has 0 bridgehead atoms. The minimum absolute atomic E-state index is 0.207. The van der Waals surface area contributed by atoms with E-state index in [0.717, 1.165) is 6.41 Å². The fraction of sp³-hybridized carbons (Fsp3) is 0.571. The highest BCUT2D eigenvalue weighted by atomic mass is 16.1. The maximum Gasteiger partial charge on any atom is 0.210 e. The van der Waals surface area contributed by atoms with Gasteiger partial charge in [-0.25, -0.2) is 0 Å². The molecule has 0 aromatic heterocycles. The smallest absolute Gasteiger partial charge is 0.210 e. The Morgan fingerprint density at radius 3 is 2.44 bits per heavy atom. The van der Waals surface area contributed by atoms with E-state index in [-0.39, 0.29) is 6.04 Å². The van der Waals surface area contributed by atoms with Gasteiger partial charge in [0.1, 0.15) is 0 Å². The summed E-state index contributed by atoms with van der Waals surface area (Å²) in [6, 6.07) is 0.207. The predicted molar refractivity (Wildman–Crippen MR) is 36.7 cm³/mol. The molecule has 0 rings (SSSR count). The Hall–Kier alpha value is -0.970. The molecule has 0 aliphatic rings. The van der Waals surface area contributed by atoms with Gasteiger partial charge in [0.15, 0.2) is 0 Å². The van der Waals surface area contributed by atoms with Crippen LogP contribution in [0.1, 0.15) is 13.8 Å². The molecule has 50 valence electrons. The number of amides is 1. The highest BCUT2D eigenvalue weighted by molar-refractivity contribution is 5.48. The van der Waals surface area contributed by atoms with Crippen molar-refractivity contribution in [2.45, 2.75) is 19.9 Å². The zero-order valence-electron chi connectivity index (χ0n) is 5.79. The second kappa shape index (κ2) is 3.96. The van der Waals surface area contributed by atoms with E-state index in [1.807, 2.05) is 13.8 Å². The van der Waals surface area contributed by atoms with Crippen LogP contribution < -0.4 is 0 Å². The second-order valence-electron chi connectivity index (χ2n) is 2.08. The maximum atomic E-state index is 10.2. The standard InChI is InChI=1S/C7H11NO/c1-4-5-8(6-9)7(2)3/h1,6-7H,5H2,2-3H3. The number of nitrogens with zero attached hydrogens (tertiary/aromatic N) is 1. The van der Waals surface area contributed by atoms with Crippen molar-refractivity contribution in [3.8, 4) is 12.3 Å². The van der Waals surface area contributed by atoms with E-state index < -0.39 is 0 Å². The van der Waals surface area contributed by atoms with Crippen molar-refractivity contribution in [1.82, 2.24) is 4.90 Å². The summed E-state index contributed by atoms with van der Waals surface area (Å²) in [5.74, 6) is 2.39. The van der Waals surface area contributed by atoms with E-state index >= 15 is 0 Å². The average Bonchev–Trinajstić information content (AvgIpc) is 1.82. The Bertz CT molecular complexity index is 123. The first kappa shape index (κ1) is 8.03. The van der Waals surface area contributed by atoms with Crippen LogP contribution >= 0.6 is 0 Å². The average molecular weight is 125 g/mol. The van der Waals surface area contributed by atoms with Crippen LogP contribution in [-0.4, -0.2) is 23.9 Å². The zero-order chi connectivity index (χ0) is 7.28. The molecule has 0 aliphatic carbocycles. The molecule has 0 radical (unpaired) electrons. The van der Waals surface area contributed by atoms with E-state index in [2.05, 4.69) is 5.92 Å². The lowest BCUT2D eigenvalue weighted by Gasteiger charge is -2.17. The third kappa shape index (κ3) is 2.76. The van der Waals surface area contributed by atoms with Gasteiger partial charge in [-0.15, -0.1) is 6.42 Å². The van der Waals surface area contributed by atoms with E-state index in [0.29, 0.717) is 6.54 Å². The summed E-state index contributed by atoms with van der Waals surface area (Å²) in [5.41, 5.74) is 0. The molecule has 0 heterocycles. The SMILES string of the molecule is C#CCN(C=O)C(C)C. The quantitative estimate of drug-likeness (QED) is 0.397. The van der Waals surface area contributed by atoms with Crippen molar-refractivity contribution in [3.05, 3.63) is 0 Å². The molecular weight excluding hydrogens is 114 g/mol. The topological polar surface area (TPSA) is 20.3 Å². The first-order valence-corrected chi connectivity index (χ1v) is 2.87. The van der Waals surface area contributed by atoms with E-state index in [4.69, 9.17) is 6.42 Å². The summed E-state index contributed by atoms with van der Waals surface area (Å²) in [5, 5.41) is 0. The summed E-state index contributed by atoms with van der Waals surface area (Å²) < 4.78 is 0. The lowest BCUT2D eigenvalue weighted by molar-refractivity contribution is -0.118. The number of carbonyl (C=O) groups is 1. The van der Waals surface area contributed by atoms with Crippen LogP contribution in [-0.2, 0) is 4.79 Å². The van der Waals surface area contributed by atoms with E-state index in [1.165, 1.54) is 0 Å². The molecule has 9 heavy (non-hydrogen) atoms. The molecule has 0 aromatic rings. The Morgan fingerprint density at radius 2 is 2.33 bits per heavy atom. The highest BCUT2D eigenvalue weighted by Gasteiger charge is 2.01. The van der Waals surface area contributed by atoms with Gasteiger partial charge >= 0.3 is 0 Å². The number of hydrogen-bond donors (Lipinski definition) is 0. The van der Waals surface area contributed by atoms with Gasteiger partial charge in [-0.1, -0.05) is 5.92 Å². The molecule has 2 nitrogen and oxygen atoms in total. The van der Waals surface area contributed by atoms with Crippen LogP contribution in [0.4, 0.5) is 0 Å². The van der Waals surface area contributed by atoms with Gasteiger partial charge in [-0.3, -0.25) is 4.79 Å². The molecule has 1 amide bonds. The van der Waals surface area contributed by atoms with Gasteiger partial charge < -0.3 is 4.90 Å². The van der Waals surface area contributed by atoms with Crippen molar-refractivity contribution >= 4 is 6.41 Å². The molecule has 0 aromatic carbocycles. The Kier molecular flexibility index (Phi) is 3.54. The number of hydrogen-bond acceptors (Lipinski definition) is 1. The van der Waals surface area contributed by atoms with Gasteiger partial charge in [0, 0.05) is 6.04 Å². The van der Waals surface area contributed by atoms with Crippen molar-refractivity contribution in [3.63, 3.8) is 0 Å². The molecule has 0 aliphatic heterocycles. The van der Waals surface area contributed by atoms with Gasteiger partial charge in [0.2, 0.25) is 6.41 Å². The van der Waals surface area contributed by atoms with Gasteiger partial charge in [0.25, 0.3) is 0 Å². The minimum Gasteiger partial charge on any atom is -0.332 e. The summed E-state index contributed by atoms with van der Waals surface area (Å²) in [6.45, 7) is 4.25. The summed E-state index contributed by atoms with van der Waals surface area (Å²) in [4.78, 5) is 11.7. The van der Waals surface area contributed by atoms with Crippen molar-refractivity contribution in [2.24, 2.45) is 0 Å². The fourth-order valence-corrected chi connectivity index (χ4v) is 0.447. The first-order valence-electron chi connectivity index (χ1n) is 2.87. The maximum absolute atomic E-state index is 10.2. The first-order chi connectivity index (χ1) is 4.22. The summed E-state index contributed by atoms with van der Waals surface area (Å²) in [6.07, 6.45) is 5.76. The normalized spacial score (nSPS) is 8.67. The number of terminal acetylenes is 1. The van der Waals surface area contributed by atoms with Crippen LogP contribution in [0.3, 0.4) is 0 Å². The monoisotopic (exact) mass is 125 g/mol. The second-order valence-corrected chi connectivity index (χ2v) is 2.08. The third-order valence-electron chi connectivity index (χ3n) is 1.07. The molecular formula is C7H11NO. The van der Waals surface area contributed by atoms with Crippen molar-refractivity contribution in [2.75, 3.05) is 6.54 Å². The summed E-state index contributed by atoms with van der Waals surface area (Å²) >= 11 is 0. The lowest BCUT2D eigenvalue weighted by Crippen LogP contribution is -2.29. The van der Waals surface area contributed by atoms with Gasteiger partial charge in [-0.05, 0) is 13.8 Å². The predicted octanol–water partition coefficient (Wildman–Crippen LogP) is 0.486. The Morgan fingerprint density at radius 1 is 1.78 bits per heavy atom. The molecule has 0 saturated carbocycles. The minimum atomic E-state index is 0.207. The van der Waals surface area contributed by atoms with Crippen LogP contribution in [0.5, 0.6) is 0 Å². The van der Waals surface area contributed by atoms with E-state index in [9.17, 15) is 4.79 Å². The zero-order valence-corrected chi connectivity index (χ0v) is 5.79. The molecule has 0 unspecified atom stereocenters. The van der Waals surface area contributed by atoms with Crippen LogP contribution in [0, 0.1) is 12.3 Å². The van der Waals surface area contributed by atoms with Gasteiger partial charge in [-0.2, -0.15) is 0 Å². The van der Waals surface area contributed by atoms with Crippen LogP contribution in [0.2, 0.25) is 0 Å². The largest absolute Gasteiger partial charge is 0.332 e. The highest BCUT2D eigenvalue weighted by Crippen LogP contribution is 1.90. The van der Waals surface area contributed by atoms with Crippen molar-refractivity contribution in [1.29, 1.82) is 0 Å². The van der Waals surface area contributed by atoms with Crippen LogP contribution in [0.15, 0.2) is 0 Å². The van der Waals surface area contributed by atoms with Crippen LogP contribution in [0.25, 0.3) is 0 Å². The fourth-order valence-electron chi connectivity index (χ4n) is 0.447. The summed E-state index contributed by atoms with van der Waals surface area (Å²) in [7, 11) is 0. The van der Waals surface area contributed by atoms with Crippen molar-refractivity contribution < 1.29 is 4.79 Å². The number of rotatable bonds is 3. The molecule has 0 atom stereocenters. The molecule has 0 spiro atoms. The Labute approximate surface area is 55.8 Å². The third-order valence-corrected chi connectivity index (χ3v) is 1.07. The van der Waals surface area contributed by atoms with E-state index in [1.54, 1.807) is 4.90 Å². The lowest BCUT2D eigenvalue weighted by atomic mass is 10.3. The molecule has 2 heteroatoms. The molecule has 0 saturated heterocycles. The molecule has 0 N–H and O–H groups in total.